The molecule has 0 saturated carbocycles. The second kappa shape index (κ2) is 8.22. The number of carbonyl (C=O) groups excluding carboxylic acids is 1. The first kappa shape index (κ1) is 18.9. The van der Waals surface area contributed by atoms with Crippen LogP contribution in [0, 0.1) is 13.8 Å². The lowest BCUT2D eigenvalue weighted by molar-refractivity contribution is 0.102. The number of benzene rings is 1. The van der Waals surface area contributed by atoms with Crippen molar-refractivity contribution in [1.29, 1.82) is 0 Å². The fourth-order valence-corrected chi connectivity index (χ4v) is 3.30. The molecular formula is C19H20N4O3S. The van der Waals surface area contributed by atoms with E-state index in [1.807, 2.05) is 32.0 Å². The van der Waals surface area contributed by atoms with E-state index in [-0.39, 0.29) is 11.5 Å². The first-order valence-corrected chi connectivity index (χ1v) is 9.25. The minimum Gasteiger partial charge on any atom is -0.493 e. The van der Waals surface area contributed by atoms with E-state index < -0.39 is 0 Å². The lowest BCUT2D eigenvalue weighted by Gasteiger charge is -2.09. The number of hydrogen-bond donors (Lipinski definition) is 0. The van der Waals surface area contributed by atoms with Crippen LogP contribution in [0.3, 0.4) is 0 Å². The van der Waals surface area contributed by atoms with Crippen molar-refractivity contribution >= 4 is 17.5 Å². The molecule has 2 aromatic heterocycles. The number of Topliss-reactive ketones (excluding diaryl/α,β-unsaturated/α-hetero) is 1. The molecule has 0 N–H and O–H groups in total. The number of carbonyl (C=O) groups is 1. The van der Waals surface area contributed by atoms with Gasteiger partial charge in [-0.1, -0.05) is 11.8 Å². The van der Waals surface area contributed by atoms with Crippen LogP contribution in [0.4, 0.5) is 0 Å². The first-order valence-electron chi connectivity index (χ1n) is 8.27. The second-order valence-electron chi connectivity index (χ2n) is 5.85. The van der Waals surface area contributed by atoms with Gasteiger partial charge < -0.3 is 9.47 Å². The smallest absolute Gasteiger partial charge is 0.175 e. The van der Waals surface area contributed by atoms with Crippen LogP contribution in [-0.4, -0.2) is 45.7 Å². The van der Waals surface area contributed by atoms with Gasteiger partial charge in [-0.3, -0.25) is 4.79 Å². The Morgan fingerprint density at radius 3 is 2.41 bits per heavy atom. The molecular weight excluding hydrogens is 364 g/mol. The minimum absolute atomic E-state index is 0.0228. The topological polar surface area (TPSA) is 79.1 Å². The van der Waals surface area contributed by atoms with E-state index in [0.29, 0.717) is 27.9 Å². The molecule has 0 aliphatic heterocycles. The number of methoxy groups -OCH3 is 2. The molecule has 0 saturated heterocycles. The lowest BCUT2D eigenvalue weighted by Crippen LogP contribution is -2.05. The van der Waals surface area contributed by atoms with Gasteiger partial charge in [0.15, 0.2) is 23.1 Å². The van der Waals surface area contributed by atoms with Gasteiger partial charge in [-0.05, 0) is 50.2 Å². The fraction of sp³-hybridized carbons (Fsp3) is 0.263. The average molecular weight is 384 g/mol. The molecule has 0 aliphatic rings. The molecule has 0 aliphatic carbocycles. The summed E-state index contributed by atoms with van der Waals surface area (Å²) in [5, 5.41) is 13.5. The third-order valence-corrected chi connectivity index (χ3v) is 4.83. The maximum atomic E-state index is 12.4. The van der Waals surface area contributed by atoms with Crippen LogP contribution in [0.2, 0.25) is 0 Å². The normalized spacial score (nSPS) is 10.7. The van der Waals surface area contributed by atoms with Crippen molar-refractivity contribution in [3.8, 4) is 17.3 Å². The number of aryl methyl sites for hydroxylation is 2. The molecule has 0 atom stereocenters. The van der Waals surface area contributed by atoms with Crippen LogP contribution in [0.5, 0.6) is 11.5 Å². The van der Waals surface area contributed by atoms with Crippen LogP contribution < -0.4 is 9.47 Å². The Morgan fingerprint density at radius 1 is 1.04 bits per heavy atom. The molecule has 2 heterocycles. The molecule has 8 heteroatoms. The molecule has 140 valence electrons. The Hall–Kier alpha value is -2.87. The third kappa shape index (κ3) is 4.28. The number of thioether (sulfide) groups is 1. The molecule has 0 radical (unpaired) electrons. The summed E-state index contributed by atoms with van der Waals surface area (Å²) in [6, 6.07) is 10.8. The summed E-state index contributed by atoms with van der Waals surface area (Å²) in [6.07, 6.45) is 0. The monoisotopic (exact) mass is 384 g/mol. The largest absolute Gasteiger partial charge is 0.493 e. The molecule has 0 bridgehead atoms. The van der Waals surface area contributed by atoms with Crippen LogP contribution >= 0.6 is 11.8 Å². The highest BCUT2D eigenvalue weighted by molar-refractivity contribution is 7.99. The van der Waals surface area contributed by atoms with Crippen molar-refractivity contribution in [2.45, 2.75) is 18.9 Å². The van der Waals surface area contributed by atoms with Crippen molar-refractivity contribution in [3.05, 3.63) is 53.3 Å². The van der Waals surface area contributed by atoms with Crippen LogP contribution in [0.1, 0.15) is 21.7 Å². The van der Waals surface area contributed by atoms with Crippen molar-refractivity contribution in [1.82, 2.24) is 20.0 Å². The molecule has 7 nitrogen and oxygen atoms in total. The number of nitrogens with zero attached hydrogens (tertiary/aromatic N) is 4. The van der Waals surface area contributed by atoms with E-state index in [4.69, 9.17) is 9.47 Å². The van der Waals surface area contributed by atoms with Gasteiger partial charge in [0, 0.05) is 11.3 Å². The van der Waals surface area contributed by atoms with Crippen molar-refractivity contribution in [2.75, 3.05) is 20.0 Å². The quantitative estimate of drug-likeness (QED) is 0.457. The van der Waals surface area contributed by atoms with Crippen LogP contribution in [0.25, 0.3) is 5.82 Å². The molecule has 3 rings (SSSR count). The zero-order valence-electron chi connectivity index (χ0n) is 15.6. The summed E-state index contributed by atoms with van der Waals surface area (Å²) in [6.45, 7) is 3.90. The molecule has 0 amide bonds. The third-order valence-electron chi connectivity index (χ3n) is 3.91. The number of ether oxygens (including phenoxy) is 2. The summed E-state index contributed by atoms with van der Waals surface area (Å²) in [7, 11) is 3.10. The number of aromatic nitrogens is 4. The molecule has 27 heavy (non-hydrogen) atoms. The predicted octanol–water partition coefficient (Wildman–Crippen LogP) is 3.27. The number of hydrogen-bond acceptors (Lipinski definition) is 7. The van der Waals surface area contributed by atoms with Crippen molar-refractivity contribution in [2.24, 2.45) is 0 Å². The summed E-state index contributed by atoms with van der Waals surface area (Å²) < 4.78 is 12.2. The second-order valence-corrected chi connectivity index (χ2v) is 6.85. The Bertz CT molecular complexity index is 954. The lowest BCUT2D eigenvalue weighted by atomic mass is 10.1. The Labute approximate surface area is 161 Å². The molecule has 3 aromatic rings. The SMILES string of the molecule is COc1ccc(C(=O)CSc2ccc(-n3nc(C)cc3C)nn2)cc1OC. The number of rotatable bonds is 7. The summed E-state index contributed by atoms with van der Waals surface area (Å²) >= 11 is 1.34. The molecule has 1 aromatic carbocycles. The zero-order chi connectivity index (χ0) is 19.4. The highest BCUT2D eigenvalue weighted by atomic mass is 32.2. The van der Waals surface area contributed by atoms with Crippen molar-refractivity contribution in [3.63, 3.8) is 0 Å². The van der Waals surface area contributed by atoms with E-state index in [9.17, 15) is 4.79 Å². The first-order chi connectivity index (χ1) is 13.0. The Morgan fingerprint density at radius 2 is 1.81 bits per heavy atom. The van der Waals surface area contributed by atoms with Gasteiger partial charge in [-0.25, -0.2) is 4.68 Å². The zero-order valence-corrected chi connectivity index (χ0v) is 16.4. The Balaban J connectivity index is 1.66. The van der Waals surface area contributed by atoms with Crippen LogP contribution in [0.15, 0.2) is 41.4 Å². The highest BCUT2D eigenvalue weighted by Crippen LogP contribution is 2.28. The Kier molecular flexibility index (Phi) is 5.75. The minimum atomic E-state index is -0.0228. The summed E-state index contributed by atoms with van der Waals surface area (Å²) in [4.78, 5) is 12.4. The van der Waals surface area contributed by atoms with Gasteiger partial charge in [-0.2, -0.15) is 5.10 Å². The highest BCUT2D eigenvalue weighted by Gasteiger charge is 2.12. The maximum Gasteiger partial charge on any atom is 0.175 e. The van der Waals surface area contributed by atoms with Gasteiger partial charge in [0.2, 0.25) is 0 Å². The van der Waals surface area contributed by atoms with Gasteiger partial charge in [0.1, 0.15) is 5.03 Å². The molecule has 0 unspecified atom stereocenters. The maximum absolute atomic E-state index is 12.4. The predicted molar refractivity (Wildman–Crippen MR) is 103 cm³/mol. The molecule has 0 fully saturated rings. The van der Waals surface area contributed by atoms with Gasteiger partial charge in [-0.15, -0.1) is 10.2 Å². The van der Waals surface area contributed by atoms with E-state index in [2.05, 4.69) is 15.3 Å². The standard InChI is InChI=1S/C19H20N4O3S/c1-12-9-13(2)23(22-12)18-7-8-19(21-20-18)27-11-15(24)14-5-6-16(25-3)17(10-14)26-4/h5-10H,11H2,1-4H3. The number of ketones is 1. The fourth-order valence-electron chi connectivity index (χ4n) is 2.60. The van der Waals surface area contributed by atoms with Crippen LogP contribution in [-0.2, 0) is 0 Å². The average Bonchev–Trinajstić information content (AvgIpc) is 3.03. The molecule has 0 spiro atoms. The summed E-state index contributed by atoms with van der Waals surface area (Å²) in [5.41, 5.74) is 2.48. The van der Waals surface area contributed by atoms with Gasteiger partial charge in [0.25, 0.3) is 0 Å². The van der Waals surface area contributed by atoms with E-state index in [1.54, 1.807) is 37.1 Å². The van der Waals surface area contributed by atoms with E-state index in [1.165, 1.54) is 11.8 Å². The summed E-state index contributed by atoms with van der Waals surface area (Å²) in [5.74, 6) is 2.00. The van der Waals surface area contributed by atoms with Crippen molar-refractivity contribution < 1.29 is 14.3 Å². The van der Waals surface area contributed by atoms with E-state index in [0.717, 1.165) is 11.4 Å². The van der Waals surface area contributed by atoms with Gasteiger partial charge >= 0.3 is 0 Å². The van der Waals surface area contributed by atoms with Gasteiger partial charge in [0.05, 0.1) is 25.7 Å². The van der Waals surface area contributed by atoms with E-state index >= 15 is 0 Å².